The summed E-state index contributed by atoms with van der Waals surface area (Å²) in [6.45, 7) is 0. The van der Waals surface area contributed by atoms with Gasteiger partial charge in [0.25, 0.3) is 0 Å². The Hall–Kier alpha value is 0.110. The summed E-state index contributed by atoms with van der Waals surface area (Å²) < 4.78 is 14.7. The van der Waals surface area contributed by atoms with E-state index in [0.29, 0.717) is 23.2 Å². The molecule has 2 rings (SSSR count). The standard InChI is InChI=1S/C13H10O.2Na/c14-13(11-7-3-1-4-8-11)12-9-5-2-6-10-12;;/h1-10H;;/i1D,2D;;. The summed E-state index contributed by atoms with van der Waals surface area (Å²) in [4.78, 5) is 11.9. The summed E-state index contributed by atoms with van der Waals surface area (Å²) in [5.74, 6) is -0.0833. The number of hydrogen-bond donors (Lipinski definition) is 0. The molecule has 0 unspecified atom stereocenters. The zero-order valence-corrected chi connectivity index (χ0v) is 13.5. The Morgan fingerprint density at radius 2 is 1.12 bits per heavy atom. The van der Waals surface area contributed by atoms with E-state index in [1.54, 1.807) is 48.5 Å². The Bertz CT molecular complexity index is 462. The third-order valence-electron chi connectivity index (χ3n) is 1.96. The van der Waals surface area contributed by atoms with Gasteiger partial charge in [-0.25, -0.2) is 0 Å². The zero-order valence-electron chi connectivity index (χ0n) is 11.5. The molecule has 0 bridgehead atoms. The predicted octanol–water partition coefficient (Wildman–Crippen LogP) is 2.16. The van der Waals surface area contributed by atoms with Gasteiger partial charge in [-0.1, -0.05) is 60.6 Å². The molecule has 0 saturated carbocycles. The quantitative estimate of drug-likeness (QED) is 0.570. The van der Waals surface area contributed by atoms with Crippen molar-refractivity contribution in [1.82, 2.24) is 0 Å². The van der Waals surface area contributed by atoms with E-state index in [-0.39, 0.29) is 64.9 Å². The predicted molar refractivity (Wildman–Crippen MR) is 67.8 cm³/mol. The van der Waals surface area contributed by atoms with Crippen LogP contribution in [0.2, 0.25) is 0 Å². The first-order valence-electron chi connectivity index (χ1n) is 5.35. The Kier molecular flexibility index (Phi) is 6.47. The summed E-state index contributed by atoms with van der Waals surface area (Å²) >= 11 is 0. The maximum atomic E-state index is 11.9. The molecule has 0 N–H and O–H groups in total. The minimum absolute atomic E-state index is 0. The van der Waals surface area contributed by atoms with Crippen LogP contribution < -0.4 is 0 Å². The smallest absolute Gasteiger partial charge is 0.193 e. The van der Waals surface area contributed by atoms with Crippen LogP contribution in [0.3, 0.4) is 0 Å². The summed E-state index contributed by atoms with van der Waals surface area (Å²) in [5, 5.41) is 0. The fraction of sp³-hybridized carbons (Fsp3) is 0. The molecule has 0 fully saturated rings. The molecule has 1 nitrogen and oxygen atoms in total. The fourth-order valence-corrected chi connectivity index (χ4v) is 1.24. The molecule has 70 valence electrons. The molecular weight excluding hydrogens is 218 g/mol. The van der Waals surface area contributed by atoms with Crippen molar-refractivity contribution in [3.8, 4) is 0 Å². The average Bonchev–Trinajstić information content (AvgIpc) is 2.30. The Morgan fingerprint density at radius 3 is 1.44 bits per heavy atom. The third-order valence-corrected chi connectivity index (χ3v) is 1.96. The molecule has 0 aliphatic heterocycles. The van der Waals surface area contributed by atoms with E-state index < -0.39 is 0 Å². The van der Waals surface area contributed by atoms with Crippen LogP contribution in [0.1, 0.15) is 18.7 Å². The first-order valence-corrected chi connectivity index (χ1v) is 4.35. The van der Waals surface area contributed by atoms with Gasteiger partial charge in [0.05, 0.1) is 2.74 Å². The van der Waals surface area contributed by atoms with Crippen LogP contribution in [-0.4, -0.2) is 64.9 Å². The van der Waals surface area contributed by atoms with Crippen LogP contribution in [0, 0.1) is 0 Å². The molecule has 3 heteroatoms. The van der Waals surface area contributed by atoms with Crippen LogP contribution in [-0.2, 0) is 0 Å². The maximum absolute atomic E-state index is 11.9. The van der Waals surface area contributed by atoms with Gasteiger partial charge in [-0.05, 0) is 0 Å². The van der Waals surface area contributed by atoms with E-state index in [4.69, 9.17) is 2.74 Å². The van der Waals surface area contributed by atoms with E-state index in [9.17, 15) is 4.79 Å². The molecule has 0 aliphatic carbocycles. The van der Waals surface area contributed by atoms with Crippen LogP contribution in [0.5, 0.6) is 0 Å². The average molecular weight is 230 g/mol. The van der Waals surface area contributed by atoms with Crippen molar-refractivity contribution >= 4 is 64.9 Å². The molecule has 0 heterocycles. The first kappa shape index (κ1) is 12.6. The van der Waals surface area contributed by atoms with E-state index in [1.807, 2.05) is 0 Å². The molecule has 0 aliphatic rings. The van der Waals surface area contributed by atoms with E-state index in [0.717, 1.165) is 0 Å². The molecule has 0 atom stereocenters. The molecule has 0 amide bonds. The minimum Gasteiger partial charge on any atom is -0.289 e. The monoisotopic (exact) mass is 230 g/mol. The normalized spacial score (nSPS) is 10.2. The van der Waals surface area contributed by atoms with Gasteiger partial charge in [0.1, 0.15) is 0 Å². The number of rotatable bonds is 2. The van der Waals surface area contributed by atoms with Gasteiger partial charge in [0.2, 0.25) is 0 Å². The van der Waals surface area contributed by atoms with Crippen molar-refractivity contribution in [3.63, 3.8) is 0 Å². The summed E-state index contributed by atoms with van der Waals surface area (Å²) in [7, 11) is 0. The van der Waals surface area contributed by atoms with Crippen LogP contribution in [0.25, 0.3) is 0 Å². The van der Waals surface area contributed by atoms with Crippen molar-refractivity contribution in [2.45, 2.75) is 0 Å². The van der Waals surface area contributed by atoms with Crippen LogP contribution in [0.15, 0.2) is 60.6 Å². The van der Waals surface area contributed by atoms with Crippen LogP contribution in [0.4, 0.5) is 0 Å². The van der Waals surface area contributed by atoms with E-state index in [2.05, 4.69) is 0 Å². The van der Waals surface area contributed by atoms with Crippen molar-refractivity contribution < 1.29 is 7.54 Å². The largest absolute Gasteiger partial charge is 0.289 e. The summed E-state index contributed by atoms with van der Waals surface area (Å²) in [5.41, 5.74) is 1.13. The van der Waals surface area contributed by atoms with E-state index >= 15 is 0 Å². The molecule has 2 aromatic carbocycles. The second-order valence-electron chi connectivity index (χ2n) is 2.91. The van der Waals surface area contributed by atoms with Gasteiger partial charge in [-0.2, -0.15) is 0 Å². The molecule has 0 saturated heterocycles. The third kappa shape index (κ3) is 4.17. The SMILES string of the molecule is [2H]c1ccc(C(=O)c2ccc([2H])cc2)cc1.[Na].[Na]. The molecule has 0 aromatic heterocycles. The summed E-state index contributed by atoms with van der Waals surface area (Å²) in [6.07, 6.45) is 0. The number of carbonyl (C=O) groups is 1. The van der Waals surface area contributed by atoms with Crippen LogP contribution >= 0.6 is 0 Å². The van der Waals surface area contributed by atoms with Gasteiger partial charge < -0.3 is 0 Å². The second kappa shape index (κ2) is 8.24. The van der Waals surface area contributed by atoms with Crippen molar-refractivity contribution in [3.05, 3.63) is 71.7 Å². The van der Waals surface area contributed by atoms with Crippen molar-refractivity contribution in [2.24, 2.45) is 0 Å². The minimum atomic E-state index is -0.0833. The van der Waals surface area contributed by atoms with E-state index in [1.165, 1.54) is 0 Å². The van der Waals surface area contributed by atoms with Gasteiger partial charge in [0.15, 0.2) is 5.78 Å². The van der Waals surface area contributed by atoms with Gasteiger partial charge in [0, 0.05) is 70.2 Å². The maximum Gasteiger partial charge on any atom is 0.193 e. The molecular formula is C13H10Na2O. The number of carbonyl (C=O) groups excluding carboxylic acids is 1. The number of ketones is 1. The second-order valence-corrected chi connectivity index (χ2v) is 2.91. The van der Waals surface area contributed by atoms with Gasteiger partial charge in [-0.3, -0.25) is 4.79 Å². The summed E-state index contributed by atoms with van der Waals surface area (Å²) in [6, 6.07) is 13.7. The molecule has 16 heavy (non-hydrogen) atoms. The molecule has 2 aromatic rings. The van der Waals surface area contributed by atoms with Gasteiger partial charge >= 0.3 is 0 Å². The fourth-order valence-electron chi connectivity index (χ4n) is 1.24. The number of hydrogen-bond acceptors (Lipinski definition) is 1. The molecule has 0 spiro atoms. The van der Waals surface area contributed by atoms with Crippen molar-refractivity contribution in [2.75, 3.05) is 0 Å². The first-order chi connectivity index (χ1) is 7.66. The molecule has 2 radical (unpaired) electrons. The zero-order chi connectivity index (χ0) is 11.5. The Morgan fingerprint density at radius 1 is 0.812 bits per heavy atom. The Labute approximate surface area is 143 Å². The number of benzene rings is 2. The Balaban J connectivity index is 0.00000144. The van der Waals surface area contributed by atoms with Crippen molar-refractivity contribution in [1.29, 1.82) is 0 Å². The van der Waals surface area contributed by atoms with Gasteiger partial charge in [-0.15, -0.1) is 0 Å². The topological polar surface area (TPSA) is 17.1 Å².